The van der Waals surface area contributed by atoms with Gasteiger partial charge in [0.15, 0.2) is 0 Å². The molecular formula is C22H22IN3O2. The van der Waals surface area contributed by atoms with Crippen LogP contribution in [-0.2, 0) is 4.79 Å². The van der Waals surface area contributed by atoms with E-state index in [2.05, 4.69) is 57.3 Å². The Morgan fingerprint density at radius 1 is 1.04 bits per heavy atom. The van der Waals surface area contributed by atoms with E-state index in [0.717, 1.165) is 22.3 Å². The number of carbonyl (C=O) groups excluding carboxylic acids is 2. The number of rotatable bonds is 3. The molecule has 2 N–H and O–H groups in total. The topological polar surface area (TPSA) is 61.4 Å². The lowest BCUT2D eigenvalue weighted by atomic mass is 9.89. The lowest BCUT2D eigenvalue weighted by Gasteiger charge is -2.29. The van der Waals surface area contributed by atoms with Crippen LogP contribution in [0.1, 0.15) is 40.2 Å². The van der Waals surface area contributed by atoms with Gasteiger partial charge < -0.3 is 10.2 Å². The molecule has 2 aromatic carbocycles. The fourth-order valence-electron chi connectivity index (χ4n) is 3.79. The first-order valence-corrected chi connectivity index (χ1v) is 10.5. The van der Waals surface area contributed by atoms with E-state index in [9.17, 15) is 9.59 Å². The summed E-state index contributed by atoms with van der Waals surface area (Å²) in [4.78, 5) is 26.8. The molecule has 0 bridgehead atoms. The van der Waals surface area contributed by atoms with Gasteiger partial charge in [0.25, 0.3) is 11.8 Å². The van der Waals surface area contributed by atoms with Crippen molar-refractivity contribution >= 4 is 45.7 Å². The second-order valence-corrected chi connectivity index (χ2v) is 8.62. The number of anilines is 1. The van der Waals surface area contributed by atoms with E-state index in [4.69, 9.17) is 0 Å². The van der Waals surface area contributed by atoms with Gasteiger partial charge in [-0.15, -0.1) is 0 Å². The highest BCUT2D eigenvalue weighted by atomic mass is 127. The molecule has 2 heterocycles. The van der Waals surface area contributed by atoms with Crippen LogP contribution in [0, 0.1) is 3.57 Å². The zero-order valence-electron chi connectivity index (χ0n) is 15.7. The van der Waals surface area contributed by atoms with Gasteiger partial charge in [-0.1, -0.05) is 12.1 Å². The van der Waals surface area contributed by atoms with Crippen LogP contribution in [-0.4, -0.2) is 36.9 Å². The van der Waals surface area contributed by atoms with Crippen LogP contribution in [0.15, 0.2) is 48.7 Å². The van der Waals surface area contributed by atoms with Gasteiger partial charge in [-0.2, -0.15) is 0 Å². The Hall–Kier alpha value is -2.19. The fraction of sp³-hybridized carbons (Fsp3) is 0.273. The van der Waals surface area contributed by atoms with Crippen LogP contribution in [0.4, 0.5) is 5.69 Å². The first-order valence-electron chi connectivity index (χ1n) is 9.42. The first kappa shape index (κ1) is 19.1. The minimum absolute atomic E-state index is 0.351. The molecule has 28 heavy (non-hydrogen) atoms. The maximum absolute atomic E-state index is 12.3. The number of hydrogen-bond acceptors (Lipinski definition) is 4. The number of piperidine rings is 1. The number of fused-ring (bicyclic) bond motifs is 1. The molecular weight excluding hydrogens is 465 g/mol. The Morgan fingerprint density at radius 3 is 2.46 bits per heavy atom. The van der Waals surface area contributed by atoms with Gasteiger partial charge in [0.1, 0.15) is 0 Å². The lowest BCUT2D eigenvalue weighted by Crippen LogP contribution is -2.36. The average Bonchev–Trinajstić information content (AvgIpc) is 2.68. The van der Waals surface area contributed by atoms with Crippen molar-refractivity contribution in [2.45, 2.75) is 18.8 Å². The van der Waals surface area contributed by atoms with Crippen molar-refractivity contribution in [3.63, 3.8) is 0 Å². The zero-order valence-corrected chi connectivity index (χ0v) is 17.8. The van der Waals surface area contributed by atoms with Gasteiger partial charge in [-0.25, -0.2) is 0 Å². The molecule has 4 rings (SSSR count). The monoisotopic (exact) mass is 487 g/mol. The summed E-state index contributed by atoms with van der Waals surface area (Å²) >= 11 is 2.18. The van der Waals surface area contributed by atoms with Gasteiger partial charge in [-0.3, -0.25) is 14.9 Å². The van der Waals surface area contributed by atoms with Crippen molar-refractivity contribution < 1.29 is 9.59 Å². The van der Waals surface area contributed by atoms with Crippen molar-refractivity contribution in [1.82, 2.24) is 10.2 Å². The quantitative estimate of drug-likeness (QED) is 0.393. The molecule has 6 heteroatoms. The van der Waals surface area contributed by atoms with Gasteiger partial charge in [0.05, 0.1) is 5.57 Å². The van der Waals surface area contributed by atoms with E-state index >= 15 is 0 Å². The Bertz CT molecular complexity index is 945. The van der Waals surface area contributed by atoms with E-state index in [-0.39, 0.29) is 11.8 Å². The Labute approximate surface area is 178 Å². The molecule has 0 unspecified atom stereocenters. The number of halogens is 1. The summed E-state index contributed by atoms with van der Waals surface area (Å²) in [6, 6.07) is 13.9. The van der Waals surface area contributed by atoms with E-state index in [1.807, 2.05) is 24.3 Å². The summed E-state index contributed by atoms with van der Waals surface area (Å²) in [7, 11) is 2.17. The number of likely N-dealkylation sites (tertiary alicyclic amines) is 1. The molecule has 0 aromatic heterocycles. The first-order chi connectivity index (χ1) is 13.5. The van der Waals surface area contributed by atoms with Crippen LogP contribution in [0.5, 0.6) is 0 Å². The van der Waals surface area contributed by atoms with Crippen LogP contribution in [0.25, 0.3) is 5.57 Å². The summed E-state index contributed by atoms with van der Waals surface area (Å²) in [6.45, 7) is 2.28. The third-order valence-corrected chi connectivity index (χ3v) is 6.14. The largest absolute Gasteiger partial charge is 0.361 e. The van der Waals surface area contributed by atoms with Crippen LogP contribution in [0.2, 0.25) is 0 Å². The van der Waals surface area contributed by atoms with Crippen LogP contribution < -0.4 is 10.6 Å². The Morgan fingerprint density at radius 2 is 1.75 bits per heavy atom. The summed E-state index contributed by atoms with van der Waals surface area (Å²) in [6.07, 6.45) is 4.06. The molecule has 5 nitrogen and oxygen atoms in total. The summed E-state index contributed by atoms with van der Waals surface area (Å²) in [5, 5.41) is 5.62. The van der Waals surface area contributed by atoms with Crippen LogP contribution >= 0.6 is 22.6 Å². The van der Waals surface area contributed by atoms with Gasteiger partial charge in [0, 0.05) is 26.6 Å². The molecule has 2 aliphatic heterocycles. The summed E-state index contributed by atoms with van der Waals surface area (Å²) in [5.41, 5.74) is 3.93. The normalized spacial score (nSPS) is 19.4. The smallest absolute Gasteiger partial charge is 0.260 e. The highest BCUT2D eigenvalue weighted by molar-refractivity contribution is 14.1. The molecule has 0 atom stereocenters. The van der Waals surface area contributed by atoms with Crippen molar-refractivity contribution in [1.29, 1.82) is 0 Å². The van der Waals surface area contributed by atoms with E-state index in [1.54, 1.807) is 12.3 Å². The maximum atomic E-state index is 12.3. The standard InChI is InChI=1S/C22H22IN3O2/c1-26-10-8-15(9-11-26)14-2-5-17(6-3-14)24-13-20-19-12-16(23)4-7-18(19)21(27)25-22(20)28/h2-7,12-13,15,24H,8-11H2,1H3,(H,25,27,28). The van der Waals surface area contributed by atoms with Gasteiger partial charge >= 0.3 is 0 Å². The van der Waals surface area contributed by atoms with Gasteiger partial charge in [-0.05, 0) is 97.4 Å². The number of carbonyl (C=O) groups is 2. The third-order valence-electron chi connectivity index (χ3n) is 5.47. The highest BCUT2D eigenvalue weighted by Crippen LogP contribution is 2.29. The van der Waals surface area contributed by atoms with E-state index in [1.165, 1.54) is 18.4 Å². The molecule has 0 aliphatic carbocycles. The molecule has 0 radical (unpaired) electrons. The van der Waals surface area contributed by atoms with Crippen molar-refractivity contribution in [2.75, 3.05) is 25.5 Å². The number of amides is 2. The fourth-order valence-corrected chi connectivity index (χ4v) is 4.28. The minimum Gasteiger partial charge on any atom is -0.361 e. The second-order valence-electron chi connectivity index (χ2n) is 7.38. The molecule has 1 fully saturated rings. The van der Waals surface area contributed by atoms with E-state index in [0.29, 0.717) is 22.6 Å². The maximum Gasteiger partial charge on any atom is 0.260 e. The SMILES string of the molecule is CN1CCC(c2ccc(NC=C3C(=O)NC(=O)c4ccc(I)cc43)cc2)CC1. The number of nitrogens with one attached hydrogen (secondary N) is 2. The number of nitrogens with zero attached hydrogens (tertiary/aromatic N) is 1. The minimum atomic E-state index is -0.380. The molecule has 0 saturated carbocycles. The third kappa shape index (κ3) is 3.98. The Balaban J connectivity index is 1.53. The van der Waals surface area contributed by atoms with Crippen molar-refractivity contribution in [3.8, 4) is 0 Å². The lowest BCUT2D eigenvalue weighted by molar-refractivity contribution is -0.114. The van der Waals surface area contributed by atoms with Crippen molar-refractivity contribution in [3.05, 3.63) is 68.9 Å². The molecule has 2 aromatic rings. The molecule has 1 saturated heterocycles. The van der Waals surface area contributed by atoms with Crippen LogP contribution in [0.3, 0.4) is 0 Å². The molecule has 0 spiro atoms. The van der Waals surface area contributed by atoms with Crippen molar-refractivity contribution in [2.24, 2.45) is 0 Å². The summed E-state index contributed by atoms with van der Waals surface area (Å²) < 4.78 is 0.979. The predicted octanol–water partition coefficient (Wildman–Crippen LogP) is 3.82. The zero-order chi connectivity index (χ0) is 19.7. The Kier molecular flexibility index (Phi) is 5.50. The predicted molar refractivity (Wildman–Crippen MR) is 119 cm³/mol. The van der Waals surface area contributed by atoms with E-state index < -0.39 is 0 Å². The number of hydrogen-bond donors (Lipinski definition) is 2. The number of imide groups is 1. The highest BCUT2D eigenvalue weighted by Gasteiger charge is 2.27. The average molecular weight is 487 g/mol. The number of benzene rings is 2. The molecule has 2 aliphatic rings. The second kappa shape index (κ2) is 8.05. The molecule has 2 amide bonds. The van der Waals surface area contributed by atoms with Gasteiger partial charge in [0.2, 0.25) is 0 Å². The summed E-state index contributed by atoms with van der Waals surface area (Å²) in [5.74, 6) is -0.112. The molecule has 144 valence electrons.